The van der Waals surface area contributed by atoms with Crippen LogP contribution in [0.1, 0.15) is 32.6 Å². The molecule has 0 aromatic rings. The zero-order valence-corrected chi connectivity index (χ0v) is 9.57. The number of ether oxygens (including phenoxy) is 1. The summed E-state index contributed by atoms with van der Waals surface area (Å²) < 4.78 is 5.27. The zero-order valence-electron chi connectivity index (χ0n) is 9.57. The van der Waals surface area contributed by atoms with Crippen LogP contribution in [0.4, 0.5) is 0 Å². The summed E-state index contributed by atoms with van der Waals surface area (Å²) in [4.78, 5) is 22.3. The third-order valence-corrected chi connectivity index (χ3v) is 2.77. The summed E-state index contributed by atoms with van der Waals surface area (Å²) in [5.74, 6) is -0.930. The van der Waals surface area contributed by atoms with Gasteiger partial charge in [0.25, 0.3) is 0 Å². The van der Waals surface area contributed by atoms with Crippen molar-refractivity contribution in [1.29, 1.82) is 0 Å². The molecule has 1 aliphatic heterocycles. The topological polar surface area (TPSA) is 75.6 Å². The fourth-order valence-corrected chi connectivity index (χ4v) is 1.82. The Morgan fingerprint density at radius 1 is 1.56 bits per heavy atom. The van der Waals surface area contributed by atoms with Crippen LogP contribution in [0.3, 0.4) is 0 Å². The number of hydrogen-bond donors (Lipinski definition) is 2. The maximum Gasteiger partial charge on any atom is 0.326 e. The summed E-state index contributed by atoms with van der Waals surface area (Å²) in [5.41, 5.74) is 0. The Labute approximate surface area is 95.2 Å². The lowest BCUT2D eigenvalue weighted by Gasteiger charge is -2.22. The molecule has 2 N–H and O–H groups in total. The number of amides is 1. The molecule has 1 aliphatic rings. The molecule has 1 amide bonds. The second-order valence-electron chi connectivity index (χ2n) is 4.15. The summed E-state index contributed by atoms with van der Waals surface area (Å²) >= 11 is 0. The summed E-state index contributed by atoms with van der Waals surface area (Å²) in [6, 6.07) is -0.767. The summed E-state index contributed by atoms with van der Waals surface area (Å²) in [5, 5.41) is 11.3. The minimum absolute atomic E-state index is 0.190. The minimum atomic E-state index is -0.976. The third kappa shape index (κ3) is 4.18. The van der Waals surface area contributed by atoms with Crippen LogP contribution in [0.2, 0.25) is 0 Å². The molecule has 0 spiro atoms. The summed E-state index contributed by atoms with van der Waals surface area (Å²) in [6.07, 6.45) is 2.73. The molecule has 5 heteroatoms. The molecule has 5 nitrogen and oxygen atoms in total. The van der Waals surface area contributed by atoms with Gasteiger partial charge in [-0.05, 0) is 25.2 Å². The van der Waals surface area contributed by atoms with E-state index in [9.17, 15) is 9.59 Å². The second-order valence-corrected chi connectivity index (χ2v) is 4.15. The molecule has 0 bridgehead atoms. The first-order chi connectivity index (χ1) is 7.63. The van der Waals surface area contributed by atoms with Gasteiger partial charge >= 0.3 is 5.97 Å². The normalized spacial score (nSPS) is 22.4. The molecule has 0 aliphatic carbocycles. The van der Waals surface area contributed by atoms with Gasteiger partial charge in [0.05, 0.1) is 0 Å². The van der Waals surface area contributed by atoms with Crippen LogP contribution in [-0.2, 0) is 14.3 Å². The van der Waals surface area contributed by atoms with Crippen LogP contribution in [-0.4, -0.2) is 36.2 Å². The largest absolute Gasteiger partial charge is 0.480 e. The predicted octanol–water partition coefficient (Wildman–Crippen LogP) is 0.782. The Morgan fingerprint density at radius 2 is 2.31 bits per heavy atom. The smallest absolute Gasteiger partial charge is 0.326 e. The Bertz CT molecular complexity index is 248. The number of aliphatic carboxylic acids is 1. The van der Waals surface area contributed by atoms with E-state index in [0.717, 1.165) is 19.4 Å². The third-order valence-electron chi connectivity index (χ3n) is 2.77. The molecule has 16 heavy (non-hydrogen) atoms. The van der Waals surface area contributed by atoms with Crippen LogP contribution in [0, 0.1) is 5.92 Å². The fraction of sp³-hybridized carbons (Fsp3) is 0.818. The highest BCUT2D eigenvalue weighted by molar-refractivity contribution is 5.83. The van der Waals surface area contributed by atoms with E-state index in [1.165, 1.54) is 0 Å². The Balaban J connectivity index is 2.31. The molecule has 1 heterocycles. The van der Waals surface area contributed by atoms with Gasteiger partial charge in [-0.1, -0.05) is 6.92 Å². The van der Waals surface area contributed by atoms with Crippen molar-refractivity contribution in [3.63, 3.8) is 0 Å². The molecule has 2 unspecified atom stereocenters. The maximum absolute atomic E-state index is 11.6. The quantitative estimate of drug-likeness (QED) is 0.730. The number of carboxylic acids is 1. The minimum Gasteiger partial charge on any atom is -0.480 e. The standard InChI is InChI=1S/C11H19NO4/c1-2-9(11(14)15)12-10(13)6-8-4-3-5-16-7-8/h8-9H,2-7H2,1H3,(H,12,13)(H,14,15). The molecule has 1 saturated heterocycles. The maximum atomic E-state index is 11.6. The highest BCUT2D eigenvalue weighted by Gasteiger charge is 2.21. The Kier molecular flexibility index (Phi) is 5.25. The van der Waals surface area contributed by atoms with Crippen molar-refractivity contribution < 1.29 is 19.4 Å². The number of carbonyl (C=O) groups excluding carboxylic acids is 1. The van der Waals surface area contributed by atoms with E-state index in [0.29, 0.717) is 19.4 Å². The van der Waals surface area contributed by atoms with Gasteiger partial charge in [0.2, 0.25) is 5.91 Å². The lowest BCUT2D eigenvalue weighted by molar-refractivity contribution is -0.142. The summed E-state index contributed by atoms with van der Waals surface area (Å²) in [7, 11) is 0. The van der Waals surface area contributed by atoms with Gasteiger partial charge in [0.1, 0.15) is 6.04 Å². The van der Waals surface area contributed by atoms with Gasteiger partial charge < -0.3 is 15.2 Å². The van der Waals surface area contributed by atoms with Crippen molar-refractivity contribution in [2.45, 2.75) is 38.6 Å². The van der Waals surface area contributed by atoms with Crippen LogP contribution in [0.15, 0.2) is 0 Å². The van der Waals surface area contributed by atoms with Gasteiger partial charge in [0, 0.05) is 19.6 Å². The highest BCUT2D eigenvalue weighted by Crippen LogP contribution is 2.16. The highest BCUT2D eigenvalue weighted by atomic mass is 16.5. The lowest BCUT2D eigenvalue weighted by atomic mass is 9.98. The van der Waals surface area contributed by atoms with Gasteiger partial charge in [0.15, 0.2) is 0 Å². The van der Waals surface area contributed by atoms with E-state index in [4.69, 9.17) is 9.84 Å². The van der Waals surface area contributed by atoms with Crippen molar-refractivity contribution in [2.75, 3.05) is 13.2 Å². The molecular weight excluding hydrogens is 210 g/mol. The number of rotatable bonds is 5. The monoisotopic (exact) mass is 229 g/mol. The summed E-state index contributed by atoms with van der Waals surface area (Å²) in [6.45, 7) is 3.12. The van der Waals surface area contributed by atoms with E-state index >= 15 is 0 Å². The zero-order chi connectivity index (χ0) is 12.0. The van der Waals surface area contributed by atoms with Crippen LogP contribution >= 0.6 is 0 Å². The molecule has 92 valence electrons. The van der Waals surface area contributed by atoms with E-state index < -0.39 is 12.0 Å². The number of hydrogen-bond acceptors (Lipinski definition) is 3. The van der Waals surface area contributed by atoms with Crippen molar-refractivity contribution >= 4 is 11.9 Å². The Hall–Kier alpha value is -1.10. The molecule has 0 radical (unpaired) electrons. The molecule has 0 aromatic heterocycles. The first kappa shape index (κ1) is 13.0. The average molecular weight is 229 g/mol. The van der Waals surface area contributed by atoms with Gasteiger partial charge in [-0.25, -0.2) is 4.79 Å². The van der Waals surface area contributed by atoms with E-state index in [1.54, 1.807) is 6.92 Å². The van der Waals surface area contributed by atoms with Gasteiger partial charge in [-0.15, -0.1) is 0 Å². The van der Waals surface area contributed by atoms with E-state index in [-0.39, 0.29) is 11.8 Å². The van der Waals surface area contributed by atoms with Crippen LogP contribution < -0.4 is 5.32 Å². The number of nitrogens with one attached hydrogen (secondary N) is 1. The van der Waals surface area contributed by atoms with Crippen molar-refractivity contribution in [3.05, 3.63) is 0 Å². The van der Waals surface area contributed by atoms with Crippen LogP contribution in [0.25, 0.3) is 0 Å². The molecule has 0 aromatic carbocycles. The molecule has 1 fully saturated rings. The average Bonchev–Trinajstić information content (AvgIpc) is 2.27. The second kappa shape index (κ2) is 6.48. The van der Waals surface area contributed by atoms with Gasteiger partial charge in [-0.2, -0.15) is 0 Å². The molecule has 1 rings (SSSR count). The number of carboxylic acid groups (broad SMARTS) is 1. The van der Waals surface area contributed by atoms with Crippen molar-refractivity contribution in [3.8, 4) is 0 Å². The van der Waals surface area contributed by atoms with E-state index in [2.05, 4.69) is 5.32 Å². The van der Waals surface area contributed by atoms with Crippen molar-refractivity contribution in [1.82, 2.24) is 5.32 Å². The lowest BCUT2D eigenvalue weighted by Crippen LogP contribution is -2.41. The molecule has 2 atom stereocenters. The van der Waals surface area contributed by atoms with E-state index in [1.807, 2.05) is 0 Å². The van der Waals surface area contributed by atoms with Gasteiger partial charge in [-0.3, -0.25) is 4.79 Å². The SMILES string of the molecule is CCC(NC(=O)CC1CCCOC1)C(=O)O. The fourth-order valence-electron chi connectivity index (χ4n) is 1.82. The first-order valence-electron chi connectivity index (χ1n) is 5.73. The van der Waals surface area contributed by atoms with Crippen LogP contribution in [0.5, 0.6) is 0 Å². The Morgan fingerprint density at radius 3 is 2.81 bits per heavy atom. The van der Waals surface area contributed by atoms with Crippen molar-refractivity contribution in [2.24, 2.45) is 5.92 Å². The predicted molar refractivity (Wildman–Crippen MR) is 58.0 cm³/mol. The first-order valence-corrected chi connectivity index (χ1v) is 5.73. The molecule has 0 saturated carbocycles. The molecular formula is C11H19NO4. The number of carbonyl (C=O) groups is 2.